The second-order valence-corrected chi connectivity index (χ2v) is 5.89. The normalized spacial score (nSPS) is 17.9. The number of nitrogens with zero attached hydrogens (tertiary/aromatic N) is 2. The number of benzene rings is 1. The molecule has 0 saturated heterocycles. The largest absolute Gasteiger partial charge is 0.364 e. The highest BCUT2D eigenvalue weighted by molar-refractivity contribution is 7.80. The Bertz CT molecular complexity index is 620. The Morgan fingerprint density at radius 3 is 2.75 bits per heavy atom. The molecule has 0 amide bonds. The zero-order chi connectivity index (χ0) is 13.9. The highest BCUT2D eigenvalue weighted by Gasteiger charge is 2.31. The van der Waals surface area contributed by atoms with Crippen LogP contribution in [0.25, 0.3) is 0 Å². The van der Waals surface area contributed by atoms with E-state index in [0.717, 1.165) is 12.1 Å². The van der Waals surface area contributed by atoms with E-state index in [2.05, 4.69) is 47.1 Å². The summed E-state index contributed by atoms with van der Waals surface area (Å²) >= 11 is 7.10. The molecule has 1 aliphatic heterocycles. The molecular weight excluding hydrogens is 286 g/mol. The van der Waals surface area contributed by atoms with Crippen molar-refractivity contribution in [2.75, 3.05) is 7.05 Å². The molecule has 20 heavy (non-hydrogen) atoms. The van der Waals surface area contributed by atoms with Gasteiger partial charge in [0, 0.05) is 13.5 Å². The fourth-order valence-electron chi connectivity index (χ4n) is 2.34. The summed E-state index contributed by atoms with van der Waals surface area (Å²) in [5, 5.41) is 12.4. The first-order valence-corrected chi connectivity index (χ1v) is 7.75. The minimum absolute atomic E-state index is 0.174. The van der Waals surface area contributed by atoms with Crippen molar-refractivity contribution in [3.05, 3.63) is 58.3 Å². The van der Waals surface area contributed by atoms with Crippen molar-refractivity contribution in [2.45, 2.75) is 12.5 Å². The Morgan fingerprint density at radius 2 is 2.10 bits per heavy atom. The van der Waals surface area contributed by atoms with Gasteiger partial charge in [0.1, 0.15) is 0 Å². The van der Waals surface area contributed by atoms with E-state index in [1.54, 1.807) is 11.3 Å². The Hall–Kier alpha value is -1.72. The summed E-state index contributed by atoms with van der Waals surface area (Å²) in [5.41, 5.74) is 2.34. The van der Waals surface area contributed by atoms with Crippen molar-refractivity contribution < 1.29 is 0 Å². The summed E-state index contributed by atoms with van der Waals surface area (Å²) in [6.45, 7) is 0. The van der Waals surface area contributed by atoms with E-state index in [0.29, 0.717) is 5.11 Å². The van der Waals surface area contributed by atoms with Crippen molar-refractivity contribution in [3.8, 4) is 0 Å². The summed E-state index contributed by atoms with van der Waals surface area (Å²) < 4.78 is 0. The summed E-state index contributed by atoms with van der Waals surface area (Å²) in [6.07, 6.45) is 0.881. The van der Waals surface area contributed by atoms with Crippen molar-refractivity contribution in [2.24, 2.45) is 5.10 Å². The predicted molar refractivity (Wildman–Crippen MR) is 88.2 cm³/mol. The average Bonchev–Trinajstić information content (AvgIpc) is 3.16. The lowest BCUT2D eigenvalue weighted by Crippen LogP contribution is -2.34. The molecule has 0 spiro atoms. The van der Waals surface area contributed by atoms with E-state index in [9.17, 15) is 0 Å². The smallest absolute Gasteiger partial charge is 0.189 e. The van der Waals surface area contributed by atoms with Crippen LogP contribution in [-0.2, 0) is 0 Å². The third-order valence-electron chi connectivity index (χ3n) is 3.32. The van der Waals surface area contributed by atoms with Crippen LogP contribution in [0.3, 0.4) is 0 Å². The van der Waals surface area contributed by atoms with Gasteiger partial charge >= 0.3 is 0 Å². The van der Waals surface area contributed by atoms with Crippen molar-refractivity contribution in [1.82, 2.24) is 10.3 Å². The fourth-order valence-corrected chi connectivity index (χ4v) is 3.23. The molecular formula is C15H15N3S2. The minimum atomic E-state index is 0.174. The zero-order valence-electron chi connectivity index (χ0n) is 11.1. The molecule has 3 rings (SSSR count). The molecule has 0 bridgehead atoms. The van der Waals surface area contributed by atoms with E-state index in [-0.39, 0.29) is 6.04 Å². The Morgan fingerprint density at radius 1 is 1.30 bits per heavy atom. The number of rotatable bonds is 2. The van der Waals surface area contributed by atoms with Crippen molar-refractivity contribution in [3.63, 3.8) is 0 Å². The van der Waals surface area contributed by atoms with Crippen LogP contribution < -0.4 is 5.32 Å². The predicted octanol–water partition coefficient (Wildman–Crippen LogP) is 3.40. The number of hydrogen-bond acceptors (Lipinski definition) is 3. The van der Waals surface area contributed by atoms with E-state index >= 15 is 0 Å². The number of hydrazone groups is 1. The van der Waals surface area contributed by atoms with Crippen LogP contribution >= 0.6 is 23.6 Å². The fraction of sp³-hybridized carbons (Fsp3) is 0.200. The first-order valence-electron chi connectivity index (χ1n) is 6.47. The van der Waals surface area contributed by atoms with Crippen molar-refractivity contribution in [1.29, 1.82) is 0 Å². The first-order chi connectivity index (χ1) is 9.79. The molecule has 3 nitrogen and oxygen atoms in total. The quantitative estimate of drug-likeness (QED) is 0.862. The van der Waals surface area contributed by atoms with Crippen LogP contribution in [0.1, 0.15) is 22.9 Å². The van der Waals surface area contributed by atoms with Gasteiger partial charge in [0.15, 0.2) is 5.11 Å². The highest BCUT2D eigenvalue weighted by Crippen LogP contribution is 2.33. The molecule has 1 aliphatic rings. The van der Waals surface area contributed by atoms with Gasteiger partial charge in [0.2, 0.25) is 0 Å². The van der Waals surface area contributed by atoms with Crippen LogP contribution in [0.4, 0.5) is 0 Å². The second kappa shape index (κ2) is 5.73. The second-order valence-electron chi connectivity index (χ2n) is 4.55. The molecule has 0 radical (unpaired) electrons. The van der Waals surface area contributed by atoms with Gasteiger partial charge in [-0.2, -0.15) is 5.10 Å². The Kier molecular flexibility index (Phi) is 3.80. The summed E-state index contributed by atoms with van der Waals surface area (Å²) in [4.78, 5) is 1.22. The number of thiocarbonyl (C=S) groups is 1. The monoisotopic (exact) mass is 301 g/mol. The molecule has 1 aromatic carbocycles. The average molecular weight is 301 g/mol. The van der Waals surface area contributed by atoms with Crippen molar-refractivity contribution >= 4 is 34.4 Å². The molecule has 2 heterocycles. The van der Waals surface area contributed by atoms with E-state index in [4.69, 9.17) is 17.3 Å². The molecule has 102 valence electrons. The molecule has 0 fully saturated rings. The third kappa shape index (κ3) is 2.46. The lowest BCUT2D eigenvalue weighted by atomic mass is 10.0. The minimum Gasteiger partial charge on any atom is -0.364 e. The van der Waals surface area contributed by atoms with Crippen LogP contribution in [0.15, 0.2) is 52.9 Å². The molecule has 1 unspecified atom stereocenters. The van der Waals surface area contributed by atoms with E-state index in [1.807, 2.05) is 18.1 Å². The molecule has 1 aromatic heterocycles. The molecule has 1 N–H and O–H groups in total. The van der Waals surface area contributed by atoms with Gasteiger partial charge in [0.25, 0.3) is 0 Å². The molecule has 0 aliphatic carbocycles. The lowest BCUT2D eigenvalue weighted by molar-refractivity contribution is 0.367. The standard InChI is InChI=1S/C15H15N3S2/c1-16-15(19)18-13(11-6-3-2-4-7-11)10-12(17-18)14-8-5-9-20-14/h2-9,13H,10H2,1H3,(H,16,19). The summed E-state index contributed by atoms with van der Waals surface area (Å²) in [6, 6.07) is 14.7. The number of hydrogen-bond donors (Lipinski definition) is 1. The maximum atomic E-state index is 5.39. The van der Waals surface area contributed by atoms with E-state index < -0.39 is 0 Å². The maximum absolute atomic E-state index is 5.39. The zero-order valence-corrected chi connectivity index (χ0v) is 12.7. The van der Waals surface area contributed by atoms with Gasteiger partial charge in [-0.3, -0.25) is 0 Å². The van der Waals surface area contributed by atoms with Gasteiger partial charge in [-0.1, -0.05) is 36.4 Å². The summed E-state index contributed by atoms with van der Waals surface area (Å²) in [7, 11) is 1.84. The molecule has 1 atom stereocenters. The van der Waals surface area contributed by atoms with Gasteiger partial charge < -0.3 is 5.32 Å². The highest BCUT2D eigenvalue weighted by atomic mass is 32.1. The van der Waals surface area contributed by atoms with Crippen LogP contribution in [-0.4, -0.2) is 22.9 Å². The molecule has 2 aromatic rings. The van der Waals surface area contributed by atoms with Crippen LogP contribution in [0, 0.1) is 0 Å². The third-order valence-corrected chi connectivity index (χ3v) is 4.63. The van der Waals surface area contributed by atoms with E-state index in [1.165, 1.54) is 10.4 Å². The Balaban J connectivity index is 1.94. The summed E-state index contributed by atoms with van der Waals surface area (Å²) in [5.74, 6) is 0. The maximum Gasteiger partial charge on any atom is 0.189 e. The SMILES string of the molecule is CNC(=S)N1N=C(c2cccs2)CC1c1ccccc1. The molecule has 5 heteroatoms. The molecule has 0 saturated carbocycles. The van der Waals surface area contributed by atoms with Gasteiger partial charge in [0.05, 0.1) is 16.6 Å². The van der Waals surface area contributed by atoms with Crippen LogP contribution in [0.2, 0.25) is 0 Å². The lowest BCUT2D eigenvalue weighted by Gasteiger charge is -2.23. The van der Waals surface area contributed by atoms with Gasteiger partial charge in [-0.15, -0.1) is 11.3 Å². The Labute approximate surface area is 127 Å². The topological polar surface area (TPSA) is 27.6 Å². The van der Waals surface area contributed by atoms with Gasteiger partial charge in [-0.05, 0) is 29.2 Å². The van der Waals surface area contributed by atoms with Crippen LogP contribution in [0.5, 0.6) is 0 Å². The number of nitrogens with one attached hydrogen (secondary N) is 1. The van der Waals surface area contributed by atoms with Gasteiger partial charge in [-0.25, -0.2) is 5.01 Å². The first kappa shape index (κ1) is 13.3. The number of thiophene rings is 1.